The zero-order valence-corrected chi connectivity index (χ0v) is 10.1. The van der Waals surface area contributed by atoms with Crippen molar-refractivity contribution < 1.29 is 4.79 Å². The molecule has 2 N–H and O–H groups in total. The van der Waals surface area contributed by atoms with Crippen molar-refractivity contribution in [2.45, 2.75) is 0 Å². The van der Waals surface area contributed by atoms with Crippen molar-refractivity contribution in [1.29, 1.82) is 0 Å². The minimum Gasteiger partial charge on any atom is -0.397 e. The van der Waals surface area contributed by atoms with Crippen molar-refractivity contribution >= 4 is 34.8 Å². The van der Waals surface area contributed by atoms with E-state index in [-0.39, 0.29) is 28.2 Å². The van der Waals surface area contributed by atoms with Gasteiger partial charge in [0.2, 0.25) is 0 Å². The lowest BCUT2D eigenvalue weighted by Crippen LogP contribution is -2.27. The molecule has 84 valence electrons. The fraction of sp³-hybridized carbons (Fsp3) is 0.182. The van der Waals surface area contributed by atoms with E-state index in [1.807, 2.05) is 0 Å². The number of carbonyl (C=O) groups excluding carboxylic acids is 1. The molecule has 1 aromatic rings. The van der Waals surface area contributed by atoms with E-state index >= 15 is 0 Å². The number of terminal acetylenes is 1. The summed E-state index contributed by atoms with van der Waals surface area (Å²) in [6.07, 6.45) is 5.11. The number of carbonyl (C=O) groups is 1. The Morgan fingerprint density at radius 3 is 2.69 bits per heavy atom. The SMILES string of the molecule is C#CCN(C)C(=O)c1cc(N)c(Cl)c(Cl)c1. The molecule has 0 bridgehead atoms. The highest BCUT2D eigenvalue weighted by molar-refractivity contribution is 6.43. The van der Waals surface area contributed by atoms with E-state index in [2.05, 4.69) is 5.92 Å². The predicted molar refractivity (Wildman–Crippen MR) is 66.7 cm³/mol. The van der Waals surface area contributed by atoms with Crippen LogP contribution in [-0.4, -0.2) is 24.4 Å². The summed E-state index contributed by atoms with van der Waals surface area (Å²) in [5.41, 5.74) is 6.24. The van der Waals surface area contributed by atoms with Crippen molar-refractivity contribution in [2.75, 3.05) is 19.3 Å². The summed E-state index contributed by atoms with van der Waals surface area (Å²) < 4.78 is 0. The molecule has 1 rings (SSSR count). The zero-order chi connectivity index (χ0) is 12.3. The van der Waals surface area contributed by atoms with Gasteiger partial charge in [-0.15, -0.1) is 6.42 Å². The van der Waals surface area contributed by atoms with Gasteiger partial charge in [0.15, 0.2) is 0 Å². The molecule has 0 saturated carbocycles. The molecule has 0 atom stereocenters. The maximum absolute atomic E-state index is 11.8. The normalized spacial score (nSPS) is 9.62. The Morgan fingerprint density at radius 1 is 1.56 bits per heavy atom. The molecule has 16 heavy (non-hydrogen) atoms. The van der Waals surface area contributed by atoms with Gasteiger partial charge in [-0.3, -0.25) is 4.79 Å². The number of hydrogen-bond acceptors (Lipinski definition) is 2. The fourth-order valence-corrected chi connectivity index (χ4v) is 1.50. The van der Waals surface area contributed by atoms with Crippen molar-refractivity contribution in [2.24, 2.45) is 0 Å². The monoisotopic (exact) mass is 256 g/mol. The van der Waals surface area contributed by atoms with E-state index in [0.717, 1.165) is 0 Å². The Morgan fingerprint density at radius 2 is 2.19 bits per heavy atom. The second-order valence-electron chi connectivity index (χ2n) is 3.23. The Kier molecular flexibility index (Phi) is 4.05. The molecule has 1 aromatic carbocycles. The first kappa shape index (κ1) is 12.7. The predicted octanol–water partition coefficient (Wildman–Crippen LogP) is 2.28. The molecule has 0 aliphatic heterocycles. The first-order chi connectivity index (χ1) is 7.47. The van der Waals surface area contributed by atoms with E-state index < -0.39 is 0 Å². The Hall–Kier alpha value is -1.37. The average Bonchev–Trinajstić information content (AvgIpc) is 2.24. The highest BCUT2D eigenvalue weighted by Crippen LogP contribution is 2.29. The van der Waals surface area contributed by atoms with Gasteiger partial charge in [-0.25, -0.2) is 0 Å². The third-order valence-electron chi connectivity index (χ3n) is 1.98. The van der Waals surface area contributed by atoms with Gasteiger partial charge in [0.1, 0.15) is 0 Å². The van der Waals surface area contributed by atoms with Crippen LogP contribution in [0.25, 0.3) is 0 Å². The summed E-state index contributed by atoms with van der Waals surface area (Å²) >= 11 is 11.6. The van der Waals surface area contributed by atoms with Crippen LogP contribution in [0.5, 0.6) is 0 Å². The molecule has 0 aromatic heterocycles. The molecule has 0 fully saturated rings. The molecule has 0 aliphatic carbocycles. The fourth-order valence-electron chi connectivity index (χ4n) is 1.16. The summed E-state index contributed by atoms with van der Waals surface area (Å²) in [5, 5.41) is 0.497. The summed E-state index contributed by atoms with van der Waals surface area (Å²) in [5.74, 6) is 2.13. The van der Waals surface area contributed by atoms with Gasteiger partial charge in [0.05, 0.1) is 22.3 Å². The Balaban J connectivity index is 3.07. The third-order valence-corrected chi connectivity index (χ3v) is 2.80. The van der Waals surface area contributed by atoms with Crippen LogP contribution in [0.1, 0.15) is 10.4 Å². The summed E-state index contributed by atoms with van der Waals surface area (Å²) in [6.45, 7) is 0.221. The van der Waals surface area contributed by atoms with E-state index in [1.54, 1.807) is 7.05 Å². The van der Waals surface area contributed by atoms with Crippen LogP contribution >= 0.6 is 23.2 Å². The molecule has 3 nitrogen and oxygen atoms in total. The van der Waals surface area contributed by atoms with Gasteiger partial charge < -0.3 is 10.6 Å². The molecule has 1 amide bonds. The van der Waals surface area contributed by atoms with Gasteiger partial charge in [0, 0.05) is 12.6 Å². The summed E-state index contributed by atoms with van der Waals surface area (Å²) in [7, 11) is 1.60. The summed E-state index contributed by atoms with van der Waals surface area (Å²) in [4.78, 5) is 13.2. The van der Waals surface area contributed by atoms with E-state index in [1.165, 1.54) is 17.0 Å². The molecular formula is C11H10Cl2N2O. The average molecular weight is 257 g/mol. The largest absolute Gasteiger partial charge is 0.397 e. The Labute approximate surface area is 104 Å². The van der Waals surface area contributed by atoms with Crippen LogP contribution in [0.15, 0.2) is 12.1 Å². The maximum Gasteiger partial charge on any atom is 0.254 e. The second kappa shape index (κ2) is 5.11. The second-order valence-corrected chi connectivity index (χ2v) is 4.01. The van der Waals surface area contributed by atoms with E-state index in [9.17, 15) is 4.79 Å². The maximum atomic E-state index is 11.8. The van der Waals surface area contributed by atoms with Gasteiger partial charge in [-0.2, -0.15) is 0 Å². The van der Waals surface area contributed by atoms with Gasteiger partial charge in [-0.05, 0) is 12.1 Å². The number of nitrogen functional groups attached to an aromatic ring is 1. The van der Waals surface area contributed by atoms with E-state index in [4.69, 9.17) is 35.4 Å². The number of benzene rings is 1. The van der Waals surface area contributed by atoms with Crippen molar-refractivity contribution in [3.05, 3.63) is 27.7 Å². The minimum absolute atomic E-state index is 0.221. The van der Waals surface area contributed by atoms with Crippen LogP contribution in [0.3, 0.4) is 0 Å². The molecule has 0 radical (unpaired) electrons. The molecule has 0 spiro atoms. The lowest BCUT2D eigenvalue weighted by molar-refractivity contribution is 0.0812. The molecular weight excluding hydrogens is 247 g/mol. The highest BCUT2D eigenvalue weighted by atomic mass is 35.5. The topological polar surface area (TPSA) is 46.3 Å². The zero-order valence-electron chi connectivity index (χ0n) is 8.63. The van der Waals surface area contributed by atoms with Gasteiger partial charge in [0.25, 0.3) is 5.91 Å². The van der Waals surface area contributed by atoms with Crippen LogP contribution < -0.4 is 5.73 Å². The molecule has 0 heterocycles. The molecule has 0 aliphatic rings. The number of nitrogens with zero attached hydrogens (tertiary/aromatic N) is 1. The van der Waals surface area contributed by atoms with Gasteiger partial charge >= 0.3 is 0 Å². The summed E-state index contributed by atoms with van der Waals surface area (Å²) in [6, 6.07) is 2.94. The first-order valence-electron chi connectivity index (χ1n) is 4.40. The number of nitrogens with two attached hydrogens (primary N) is 1. The van der Waals surface area contributed by atoms with Crippen LogP contribution in [-0.2, 0) is 0 Å². The lowest BCUT2D eigenvalue weighted by atomic mass is 10.2. The lowest BCUT2D eigenvalue weighted by Gasteiger charge is -2.14. The standard InChI is InChI=1S/C11H10Cl2N2O/c1-3-4-15(2)11(16)7-5-8(12)10(13)9(14)6-7/h1,5-6H,4,14H2,2H3. The third kappa shape index (κ3) is 2.60. The smallest absolute Gasteiger partial charge is 0.254 e. The number of amides is 1. The molecule has 5 heteroatoms. The number of anilines is 1. The quantitative estimate of drug-likeness (QED) is 0.652. The Bertz CT molecular complexity index is 443. The number of rotatable bonds is 2. The van der Waals surface area contributed by atoms with Crippen molar-refractivity contribution in [3.63, 3.8) is 0 Å². The van der Waals surface area contributed by atoms with E-state index in [0.29, 0.717) is 5.56 Å². The van der Waals surface area contributed by atoms with Crippen molar-refractivity contribution in [3.8, 4) is 12.3 Å². The first-order valence-corrected chi connectivity index (χ1v) is 5.16. The number of hydrogen-bond donors (Lipinski definition) is 1. The molecule has 0 saturated heterocycles. The van der Waals surface area contributed by atoms with Crippen LogP contribution in [0.2, 0.25) is 10.0 Å². The number of halogens is 2. The van der Waals surface area contributed by atoms with Crippen LogP contribution in [0.4, 0.5) is 5.69 Å². The van der Waals surface area contributed by atoms with Crippen LogP contribution in [0, 0.1) is 12.3 Å². The van der Waals surface area contributed by atoms with Crippen molar-refractivity contribution in [1.82, 2.24) is 4.90 Å². The van der Waals surface area contributed by atoms with Gasteiger partial charge in [-0.1, -0.05) is 29.1 Å². The highest BCUT2D eigenvalue weighted by Gasteiger charge is 2.14. The minimum atomic E-state index is -0.247. The molecule has 0 unspecified atom stereocenters.